The van der Waals surface area contributed by atoms with Gasteiger partial charge in [0.2, 0.25) is 5.91 Å². The molecule has 186 valence electrons. The average molecular weight is 512 g/mol. The van der Waals surface area contributed by atoms with Crippen molar-refractivity contribution in [2.75, 3.05) is 6.54 Å². The van der Waals surface area contributed by atoms with Crippen molar-refractivity contribution in [3.8, 4) is 17.6 Å². The highest BCUT2D eigenvalue weighted by Gasteiger charge is 2.37. The van der Waals surface area contributed by atoms with E-state index in [9.17, 15) is 10.1 Å². The second kappa shape index (κ2) is 10.5. The third kappa shape index (κ3) is 4.82. The van der Waals surface area contributed by atoms with E-state index in [2.05, 4.69) is 33.1 Å². The maximum atomic E-state index is 13.6. The quantitative estimate of drug-likeness (QED) is 0.396. The molecule has 1 fully saturated rings. The topological polar surface area (TPSA) is 83.2 Å². The number of carbonyl (C=O) groups is 1. The number of nitrogens with one attached hydrogen (secondary N) is 1. The van der Waals surface area contributed by atoms with E-state index < -0.39 is 0 Å². The first-order valence-corrected chi connectivity index (χ1v) is 12.1. The van der Waals surface area contributed by atoms with Crippen molar-refractivity contribution in [2.24, 2.45) is 0 Å². The number of carbonyl (C=O) groups excluding carboxylic acids is 1. The molecule has 0 spiro atoms. The number of imidazole rings is 1. The van der Waals surface area contributed by atoms with E-state index in [0.29, 0.717) is 36.7 Å². The standard InChI is InChI=1S/C29H25N5O2.ClH/c30-15-23-10-9-20-13-27(23)36-25-8-4-7-22(14-25)28(21-5-2-1-3-6-21)34-12-11-26(29(34)35)32-17-24-16-31-19-33(24)18-20;/h1-10,13-14,16,19,26,28,32H,11-12,17-18H2;1H/t26-,28?;/m0./s1. The lowest BCUT2D eigenvalue weighted by molar-refractivity contribution is -0.130. The van der Waals surface area contributed by atoms with Crippen LogP contribution in [0.25, 0.3) is 0 Å². The van der Waals surface area contributed by atoms with Crippen LogP contribution >= 0.6 is 12.4 Å². The maximum absolute atomic E-state index is 13.6. The Kier molecular flexibility index (Phi) is 6.95. The van der Waals surface area contributed by atoms with Crippen LogP contribution in [-0.4, -0.2) is 32.9 Å². The summed E-state index contributed by atoms with van der Waals surface area (Å²) in [6, 6.07) is 25.3. The summed E-state index contributed by atoms with van der Waals surface area (Å²) in [5, 5.41) is 13.2. The van der Waals surface area contributed by atoms with E-state index in [-0.39, 0.29) is 30.4 Å². The molecule has 2 atom stereocenters. The van der Waals surface area contributed by atoms with Crippen LogP contribution in [0.4, 0.5) is 0 Å². The Balaban J connectivity index is 0.00000280. The van der Waals surface area contributed by atoms with Gasteiger partial charge in [0.15, 0.2) is 0 Å². The van der Waals surface area contributed by atoms with Gasteiger partial charge in [-0.15, -0.1) is 12.4 Å². The summed E-state index contributed by atoms with van der Waals surface area (Å²) >= 11 is 0. The van der Waals surface area contributed by atoms with Gasteiger partial charge in [-0.1, -0.05) is 48.5 Å². The zero-order valence-electron chi connectivity index (χ0n) is 20.1. The predicted octanol–water partition coefficient (Wildman–Crippen LogP) is 4.81. The fraction of sp³-hybridized carbons (Fsp3) is 0.207. The molecule has 4 aromatic rings. The van der Waals surface area contributed by atoms with Crippen LogP contribution < -0.4 is 10.1 Å². The number of nitrogens with zero attached hydrogens (tertiary/aromatic N) is 4. The summed E-state index contributed by atoms with van der Waals surface area (Å²) in [6.45, 7) is 1.77. The molecule has 0 radical (unpaired) electrons. The number of ether oxygens (including phenoxy) is 1. The Hall–Kier alpha value is -4.12. The third-order valence-electron chi connectivity index (χ3n) is 6.92. The smallest absolute Gasteiger partial charge is 0.240 e. The van der Waals surface area contributed by atoms with Crippen molar-refractivity contribution in [1.82, 2.24) is 19.8 Å². The molecule has 3 heterocycles. The Labute approximate surface area is 221 Å². The fourth-order valence-electron chi connectivity index (χ4n) is 5.11. The lowest BCUT2D eigenvalue weighted by atomic mass is 9.97. The van der Waals surface area contributed by atoms with E-state index in [1.807, 2.05) is 65.7 Å². The minimum Gasteiger partial charge on any atom is -0.456 e. The van der Waals surface area contributed by atoms with E-state index >= 15 is 0 Å². The summed E-state index contributed by atoms with van der Waals surface area (Å²) in [4.78, 5) is 19.9. The van der Waals surface area contributed by atoms with E-state index in [4.69, 9.17) is 4.74 Å². The second-order valence-corrected chi connectivity index (χ2v) is 9.20. The molecule has 1 saturated heterocycles. The normalized spacial score (nSPS) is 18.8. The first-order chi connectivity index (χ1) is 17.7. The van der Waals surface area contributed by atoms with E-state index in [0.717, 1.165) is 28.8 Å². The van der Waals surface area contributed by atoms with Crippen LogP contribution in [0, 0.1) is 11.3 Å². The van der Waals surface area contributed by atoms with Crippen molar-refractivity contribution in [3.05, 3.63) is 113 Å². The number of benzene rings is 3. The molecule has 6 rings (SSSR count). The van der Waals surface area contributed by atoms with E-state index in [1.54, 1.807) is 12.4 Å². The second-order valence-electron chi connectivity index (χ2n) is 9.20. The Bertz CT molecular complexity index is 1460. The van der Waals surface area contributed by atoms with Gasteiger partial charge in [0.25, 0.3) is 0 Å². The monoisotopic (exact) mass is 511 g/mol. The zero-order valence-corrected chi connectivity index (χ0v) is 20.9. The Morgan fingerprint density at radius 3 is 2.70 bits per heavy atom. The highest BCUT2D eigenvalue weighted by Crippen LogP contribution is 2.35. The van der Waals surface area contributed by atoms with Crippen molar-refractivity contribution in [3.63, 3.8) is 0 Å². The van der Waals surface area contributed by atoms with Crippen LogP contribution in [-0.2, 0) is 17.9 Å². The van der Waals surface area contributed by atoms with Crippen molar-refractivity contribution in [1.29, 1.82) is 5.26 Å². The number of hydrogen-bond donors (Lipinski definition) is 1. The van der Waals surface area contributed by atoms with Gasteiger partial charge in [0, 0.05) is 25.8 Å². The summed E-state index contributed by atoms with van der Waals surface area (Å²) in [6.07, 6.45) is 4.35. The van der Waals surface area contributed by atoms with Crippen molar-refractivity contribution in [2.45, 2.75) is 31.6 Å². The molecule has 1 amide bonds. The molecular weight excluding hydrogens is 486 g/mol. The van der Waals surface area contributed by atoms with Gasteiger partial charge in [-0.2, -0.15) is 5.26 Å². The minimum atomic E-state index is -0.256. The SMILES string of the molecule is Cl.N#Cc1ccc2cc1Oc1cccc(c1)C(c1ccccc1)N1CC[C@H](NCc3cncn3C2)C1=O. The molecule has 1 N–H and O–H groups in total. The van der Waals surface area contributed by atoms with Gasteiger partial charge in [-0.25, -0.2) is 4.98 Å². The third-order valence-corrected chi connectivity index (χ3v) is 6.92. The van der Waals surface area contributed by atoms with Crippen molar-refractivity contribution < 1.29 is 9.53 Å². The Morgan fingerprint density at radius 1 is 1.03 bits per heavy atom. The molecule has 37 heavy (non-hydrogen) atoms. The summed E-state index contributed by atoms with van der Waals surface area (Å²) in [7, 11) is 0. The van der Waals surface area contributed by atoms with Gasteiger partial charge in [0.1, 0.15) is 17.6 Å². The highest BCUT2D eigenvalue weighted by atomic mass is 35.5. The average Bonchev–Trinajstić information content (AvgIpc) is 3.49. The largest absolute Gasteiger partial charge is 0.456 e. The van der Waals surface area contributed by atoms with E-state index in [1.165, 1.54) is 0 Å². The first-order valence-electron chi connectivity index (χ1n) is 12.1. The molecule has 2 aliphatic rings. The Morgan fingerprint density at radius 2 is 1.86 bits per heavy atom. The zero-order chi connectivity index (χ0) is 24.5. The molecule has 1 aromatic heterocycles. The summed E-state index contributed by atoms with van der Waals surface area (Å²) in [5.74, 6) is 1.22. The van der Waals surface area contributed by atoms with Crippen LogP contribution in [0.5, 0.6) is 11.5 Å². The van der Waals surface area contributed by atoms with Gasteiger partial charge < -0.3 is 19.5 Å². The lowest BCUT2D eigenvalue weighted by Gasteiger charge is -2.29. The minimum absolute atomic E-state index is 0. The molecule has 7 nitrogen and oxygen atoms in total. The number of hydrogen-bond acceptors (Lipinski definition) is 5. The molecule has 0 saturated carbocycles. The first kappa shape index (κ1) is 24.6. The number of fused-ring (bicyclic) bond motifs is 7. The fourth-order valence-corrected chi connectivity index (χ4v) is 5.11. The maximum Gasteiger partial charge on any atom is 0.240 e. The van der Waals surface area contributed by atoms with Crippen LogP contribution in [0.2, 0.25) is 0 Å². The number of amides is 1. The summed E-state index contributed by atoms with van der Waals surface area (Å²) in [5.41, 5.74) is 4.46. The van der Waals surface area contributed by atoms with Gasteiger partial charge in [-0.05, 0) is 47.4 Å². The molecule has 6 bridgehead atoms. The number of halogens is 1. The number of nitriles is 1. The lowest BCUT2D eigenvalue weighted by Crippen LogP contribution is -2.40. The van der Waals surface area contributed by atoms with Gasteiger partial charge in [0.05, 0.1) is 29.7 Å². The van der Waals surface area contributed by atoms with Crippen LogP contribution in [0.3, 0.4) is 0 Å². The summed E-state index contributed by atoms with van der Waals surface area (Å²) < 4.78 is 8.33. The molecular formula is C29H26ClN5O2. The number of aromatic nitrogens is 2. The number of rotatable bonds is 1. The molecule has 2 aliphatic heterocycles. The van der Waals surface area contributed by atoms with Crippen molar-refractivity contribution >= 4 is 18.3 Å². The molecule has 1 unspecified atom stereocenters. The van der Waals surface area contributed by atoms with Gasteiger partial charge in [-0.3, -0.25) is 4.79 Å². The predicted molar refractivity (Wildman–Crippen MR) is 141 cm³/mol. The highest BCUT2D eigenvalue weighted by molar-refractivity contribution is 5.85. The van der Waals surface area contributed by atoms with Gasteiger partial charge >= 0.3 is 0 Å². The van der Waals surface area contributed by atoms with Crippen LogP contribution in [0.1, 0.15) is 40.4 Å². The molecule has 0 aliphatic carbocycles. The van der Waals surface area contributed by atoms with Crippen LogP contribution in [0.15, 0.2) is 85.3 Å². The molecule has 3 aromatic carbocycles. The molecule has 8 heteroatoms.